The van der Waals surface area contributed by atoms with Gasteiger partial charge in [-0.3, -0.25) is 0 Å². The summed E-state index contributed by atoms with van der Waals surface area (Å²) in [5.74, 6) is 0.678. The minimum Gasteiger partial charge on any atom is -0.504 e. The van der Waals surface area contributed by atoms with Crippen LogP contribution in [0.15, 0.2) is 16.7 Å². The van der Waals surface area contributed by atoms with Gasteiger partial charge in [0.15, 0.2) is 5.75 Å². The first-order chi connectivity index (χ1) is 6.72. The molecule has 2 rings (SSSR count). The van der Waals surface area contributed by atoms with Crippen LogP contribution < -0.4 is 4.74 Å². The fourth-order valence-corrected chi connectivity index (χ4v) is 1.38. The molecule has 0 aliphatic carbocycles. The zero-order valence-electron chi connectivity index (χ0n) is 8.07. The molecule has 0 unspecified atom stereocenters. The summed E-state index contributed by atoms with van der Waals surface area (Å²) in [5, 5.41) is 10.0. The van der Waals surface area contributed by atoms with E-state index >= 15 is 0 Å². The lowest BCUT2D eigenvalue weighted by Crippen LogP contribution is -1.93. The van der Waals surface area contributed by atoms with Crippen molar-refractivity contribution in [3.63, 3.8) is 0 Å². The number of fused-ring (bicyclic) bond motifs is 1. The maximum Gasteiger partial charge on any atom is 0.233 e. The van der Waals surface area contributed by atoms with Gasteiger partial charge < -0.3 is 14.3 Å². The Labute approximate surface area is 81.1 Å². The average molecular weight is 193 g/mol. The van der Waals surface area contributed by atoms with Crippen molar-refractivity contribution in [2.24, 2.45) is 0 Å². The highest BCUT2D eigenvalue weighted by Crippen LogP contribution is 2.34. The van der Waals surface area contributed by atoms with Gasteiger partial charge in [-0.1, -0.05) is 0 Å². The molecular weight excluding hydrogens is 182 g/mol. The summed E-state index contributed by atoms with van der Waals surface area (Å²) < 4.78 is 10.5. The number of pyridine rings is 1. The van der Waals surface area contributed by atoms with Gasteiger partial charge >= 0.3 is 0 Å². The Bertz CT molecular complexity index is 462. The van der Waals surface area contributed by atoms with Crippen molar-refractivity contribution < 1.29 is 14.3 Å². The fourth-order valence-electron chi connectivity index (χ4n) is 1.38. The highest BCUT2D eigenvalue weighted by Gasteiger charge is 2.12. The van der Waals surface area contributed by atoms with Crippen molar-refractivity contribution in [1.82, 2.24) is 4.98 Å². The molecule has 2 aromatic rings. The quantitative estimate of drug-likeness (QED) is 0.794. The van der Waals surface area contributed by atoms with Crippen molar-refractivity contribution in [2.45, 2.75) is 13.8 Å². The van der Waals surface area contributed by atoms with Crippen molar-refractivity contribution in [1.29, 1.82) is 0 Å². The molecule has 0 aliphatic rings. The fraction of sp³-hybridized carbons (Fsp3) is 0.300. The third-order valence-corrected chi connectivity index (χ3v) is 1.92. The Kier molecular flexibility index (Phi) is 2.04. The Morgan fingerprint density at radius 3 is 3.07 bits per heavy atom. The molecule has 0 aliphatic heterocycles. The lowest BCUT2D eigenvalue weighted by molar-refractivity contribution is 0.342. The molecule has 0 spiro atoms. The van der Waals surface area contributed by atoms with Crippen LogP contribution in [0.3, 0.4) is 0 Å². The van der Waals surface area contributed by atoms with Gasteiger partial charge in [-0.25, -0.2) is 4.98 Å². The Morgan fingerprint density at radius 2 is 2.36 bits per heavy atom. The van der Waals surface area contributed by atoms with E-state index in [1.807, 2.05) is 13.8 Å². The number of hydrogen-bond donors (Lipinski definition) is 1. The van der Waals surface area contributed by atoms with Gasteiger partial charge in [-0.2, -0.15) is 0 Å². The van der Waals surface area contributed by atoms with E-state index < -0.39 is 0 Å². The molecule has 14 heavy (non-hydrogen) atoms. The van der Waals surface area contributed by atoms with Gasteiger partial charge in [0.05, 0.1) is 6.61 Å². The van der Waals surface area contributed by atoms with Crippen LogP contribution in [-0.2, 0) is 0 Å². The van der Waals surface area contributed by atoms with Crippen LogP contribution in [0.25, 0.3) is 11.1 Å². The first-order valence-electron chi connectivity index (χ1n) is 4.43. The number of aromatic nitrogens is 1. The van der Waals surface area contributed by atoms with E-state index in [-0.39, 0.29) is 5.75 Å². The molecule has 0 saturated heterocycles. The van der Waals surface area contributed by atoms with Crippen LogP contribution in [0.2, 0.25) is 0 Å². The number of nitrogens with zero attached hydrogens (tertiary/aromatic N) is 1. The molecule has 0 aromatic carbocycles. The van der Waals surface area contributed by atoms with E-state index in [1.165, 1.54) is 6.26 Å². The molecule has 0 saturated carbocycles. The van der Waals surface area contributed by atoms with Crippen LogP contribution >= 0.6 is 0 Å². The zero-order chi connectivity index (χ0) is 10.1. The van der Waals surface area contributed by atoms with Crippen molar-refractivity contribution >= 4 is 11.1 Å². The third-order valence-electron chi connectivity index (χ3n) is 1.92. The molecular formula is C10H11NO3. The summed E-state index contributed by atoms with van der Waals surface area (Å²) in [6, 6.07) is 1.78. The summed E-state index contributed by atoms with van der Waals surface area (Å²) in [4.78, 5) is 4.13. The van der Waals surface area contributed by atoms with Crippen LogP contribution in [0.5, 0.6) is 11.5 Å². The minimum atomic E-state index is 0.0657. The lowest BCUT2D eigenvalue weighted by atomic mass is 10.2. The van der Waals surface area contributed by atoms with E-state index in [1.54, 1.807) is 6.07 Å². The zero-order valence-corrected chi connectivity index (χ0v) is 8.07. The normalized spacial score (nSPS) is 10.7. The molecule has 0 fully saturated rings. The van der Waals surface area contributed by atoms with E-state index in [2.05, 4.69) is 4.98 Å². The van der Waals surface area contributed by atoms with Gasteiger partial charge in [-0.05, 0) is 13.8 Å². The molecule has 2 heterocycles. The topological polar surface area (TPSA) is 55.5 Å². The Hall–Kier alpha value is -1.71. The molecule has 0 radical (unpaired) electrons. The SMILES string of the molecule is CCOc1cc(C)nc2occ(O)c12. The second-order valence-electron chi connectivity index (χ2n) is 3.00. The smallest absolute Gasteiger partial charge is 0.233 e. The number of hydrogen-bond acceptors (Lipinski definition) is 4. The monoisotopic (exact) mass is 193 g/mol. The Balaban J connectivity index is 2.70. The molecule has 2 aromatic heterocycles. The third kappa shape index (κ3) is 1.28. The summed E-state index contributed by atoms with van der Waals surface area (Å²) >= 11 is 0. The van der Waals surface area contributed by atoms with Gasteiger partial charge in [-0.15, -0.1) is 0 Å². The van der Waals surface area contributed by atoms with Crippen LogP contribution in [0, 0.1) is 6.92 Å². The highest BCUT2D eigenvalue weighted by molar-refractivity contribution is 5.87. The number of aryl methyl sites for hydroxylation is 1. The van der Waals surface area contributed by atoms with Crippen molar-refractivity contribution in [3.8, 4) is 11.5 Å². The van der Waals surface area contributed by atoms with Crippen LogP contribution in [-0.4, -0.2) is 16.7 Å². The van der Waals surface area contributed by atoms with Gasteiger partial charge in [0, 0.05) is 11.8 Å². The molecule has 1 N–H and O–H groups in total. The summed E-state index contributed by atoms with van der Waals surface area (Å²) in [7, 11) is 0. The maximum absolute atomic E-state index is 9.50. The van der Waals surface area contributed by atoms with E-state index in [0.717, 1.165) is 5.69 Å². The second-order valence-corrected chi connectivity index (χ2v) is 3.00. The number of furan rings is 1. The largest absolute Gasteiger partial charge is 0.504 e. The average Bonchev–Trinajstić information content (AvgIpc) is 2.48. The number of rotatable bonds is 2. The molecule has 0 amide bonds. The number of ether oxygens (including phenoxy) is 1. The standard InChI is InChI=1S/C10H11NO3/c1-3-13-8-4-6(2)11-10-9(8)7(12)5-14-10/h4-5,12H,3H2,1-2H3. The second kappa shape index (κ2) is 3.21. The minimum absolute atomic E-state index is 0.0657. The first-order valence-corrected chi connectivity index (χ1v) is 4.43. The van der Waals surface area contributed by atoms with Crippen molar-refractivity contribution in [3.05, 3.63) is 18.0 Å². The predicted molar refractivity (Wildman–Crippen MR) is 51.6 cm³/mol. The first kappa shape index (κ1) is 8.87. The lowest BCUT2D eigenvalue weighted by Gasteiger charge is -2.04. The van der Waals surface area contributed by atoms with E-state index in [4.69, 9.17) is 9.15 Å². The molecule has 4 heteroatoms. The maximum atomic E-state index is 9.50. The van der Waals surface area contributed by atoms with Crippen LogP contribution in [0.1, 0.15) is 12.6 Å². The van der Waals surface area contributed by atoms with E-state index in [0.29, 0.717) is 23.5 Å². The molecule has 0 bridgehead atoms. The molecule has 74 valence electrons. The summed E-state index contributed by atoms with van der Waals surface area (Å²) in [5.41, 5.74) is 1.21. The summed E-state index contributed by atoms with van der Waals surface area (Å²) in [6.07, 6.45) is 1.26. The number of aromatic hydroxyl groups is 1. The molecule has 0 atom stereocenters. The van der Waals surface area contributed by atoms with Crippen LogP contribution in [0.4, 0.5) is 0 Å². The van der Waals surface area contributed by atoms with Gasteiger partial charge in [0.1, 0.15) is 17.4 Å². The predicted octanol–water partition coefficient (Wildman–Crippen LogP) is 2.24. The van der Waals surface area contributed by atoms with Gasteiger partial charge in [0.25, 0.3) is 0 Å². The Morgan fingerprint density at radius 1 is 1.57 bits per heavy atom. The molecule has 4 nitrogen and oxygen atoms in total. The van der Waals surface area contributed by atoms with Crippen molar-refractivity contribution in [2.75, 3.05) is 6.61 Å². The summed E-state index contributed by atoms with van der Waals surface area (Å²) in [6.45, 7) is 4.28. The van der Waals surface area contributed by atoms with Gasteiger partial charge in [0.2, 0.25) is 5.71 Å². The highest BCUT2D eigenvalue weighted by atomic mass is 16.5. The van der Waals surface area contributed by atoms with E-state index in [9.17, 15) is 5.11 Å².